The van der Waals surface area contributed by atoms with E-state index < -0.39 is 25.1 Å². The lowest BCUT2D eigenvalue weighted by Gasteiger charge is -2.14. The molecule has 0 spiro atoms. The van der Waals surface area contributed by atoms with Crippen LogP contribution in [-0.4, -0.2) is 19.3 Å². The second-order valence-corrected chi connectivity index (χ2v) is 2.93. The van der Waals surface area contributed by atoms with E-state index in [-0.39, 0.29) is 5.56 Å². The van der Waals surface area contributed by atoms with Crippen molar-refractivity contribution in [3.8, 4) is 0 Å². The summed E-state index contributed by atoms with van der Waals surface area (Å²) in [5.41, 5.74) is -0.00329. The van der Waals surface area contributed by atoms with Gasteiger partial charge in [0.1, 0.15) is 5.82 Å². The van der Waals surface area contributed by atoms with Crippen molar-refractivity contribution in [2.45, 2.75) is 0 Å². The summed E-state index contributed by atoms with van der Waals surface area (Å²) >= 11 is 0. The lowest BCUT2D eigenvalue weighted by molar-refractivity contribution is 0.0956. The maximum Gasteiger partial charge on any atom is 0.497 e. The second kappa shape index (κ2) is 4.33. The predicted molar refractivity (Wildman–Crippen MR) is 47.8 cm³/mol. The molecule has 0 radical (unpaired) electrons. The van der Waals surface area contributed by atoms with Crippen LogP contribution in [0.2, 0.25) is 0 Å². The second-order valence-electron chi connectivity index (χ2n) is 2.93. The van der Waals surface area contributed by atoms with Crippen molar-refractivity contribution < 1.29 is 22.1 Å². The fourth-order valence-electron chi connectivity index (χ4n) is 0.912. The number of nitrogens with one attached hydrogen (secondary N) is 1. The summed E-state index contributed by atoms with van der Waals surface area (Å²) in [7, 11) is 0. The van der Waals surface area contributed by atoms with Gasteiger partial charge in [0.15, 0.2) is 0 Å². The summed E-state index contributed by atoms with van der Waals surface area (Å²) in [6, 6.07) is 4.25. The molecule has 0 saturated heterocycles. The first kappa shape index (κ1) is 11.5. The Morgan fingerprint density at radius 1 is 1.20 bits per heavy atom. The Morgan fingerprint density at radius 3 is 2.20 bits per heavy atom. The van der Waals surface area contributed by atoms with Crippen molar-refractivity contribution in [1.29, 1.82) is 0 Å². The molecule has 0 bridgehead atoms. The molecule has 1 rings (SSSR count). The average molecular weight is 220 g/mol. The third-order valence-electron chi connectivity index (χ3n) is 1.60. The quantitative estimate of drug-likeness (QED) is 0.611. The fourth-order valence-corrected chi connectivity index (χ4v) is 0.912. The molecule has 1 amide bonds. The molecule has 1 aromatic rings. The van der Waals surface area contributed by atoms with Crippen LogP contribution >= 0.6 is 0 Å². The Kier molecular flexibility index (Phi) is 3.33. The van der Waals surface area contributed by atoms with Crippen LogP contribution in [0.3, 0.4) is 0 Å². The highest BCUT2D eigenvalue weighted by Gasteiger charge is 2.23. The number of hydrogen-bond acceptors (Lipinski definition) is 1. The monoisotopic (exact) mass is 220 g/mol. The highest BCUT2D eigenvalue weighted by atomic mass is 19.4. The lowest BCUT2D eigenvalue weighted by atomic mass is 9.92. The largest absolute Gasteiger partial charge is 0.497 e. The van der Waals surface area contributed by atoms with Gasteiger partial charge in [-0.25, -0.2) is 4.39 Å². The standard InChI is InChI=1S/C8H7BF4NO/c10-7-3-1-6(2-4-7)8(15)14-5-9(11,12)13/h1-4H,5H2,(H,14,15)/q-1. The van der Waals surface area contributed by atoms with Gasteiger partial charge in [-0.05, 0) is 30.7 Å². The smallest absolute Gasteiger partial charge is 0.448 e. The van der Waals surface area contributed by atoms with Gasteiger partial charge in [-0.1, -0.05) is 0 Å². The first-order valence-corrected chi connectivity index (χ1v) is 4.13. The maximum atomic E-state index is 12.4. The van der Waals surface area contributed by atoms with Crippen molar-refractivity contribution in [2.75, 3.05) is 6.44 Å². The number of amides is 1. The van der Waals surface area contributed by atoms with Gasteiger partial charge in [-0.3, -0.25) is 4.79 Å². The molecular formula is C8H7BF4NO-. The van der Waals surface area contributed by atoms with Gasteiger partial charge in [-0.15, -0.1) is 0 Å². The van der Waals surface area contributed by atoms with Gasteiger partial charge in [-0.2, -0.15) is 0 Å². The van der Waals surface area contributed by atoms with Crippen molar-refractivity contribution in [3.63, 3.8) is 0 Å². The summed E-state index contributed by atoms with van der Waals surface area (Å²) in [5, 5.41) is 1.70. The molecule has 0 aliphatic rings. The van der Waals surface area contributed by atoms with Gasteiger partial charge in [0, 0.05) is 5.56 Å². The Balaban J connectivity index is 2.58. The van der Waals surface area contributed by atoms with E-state index in [1.165, 1.54) is 0 Å². The fraction of sp³-hybridized carbons (Fsp3) is 0.125. The van der Waals surface area contributed by atoms with Crippen LogP contribution in [0.1, 0.15) is 10.4 Å². The zero-order chi connectivity index (χ0) is 11.5. The van der Waals surface area contributed by atoms with E-state index in [1.54, 1.807) is 5.32 Å². The van der Waals surface area contributed by atoms with Crippen LogP contribution in [0, 0.1) is 5.82 Å². The highest BCUT2D eigenvalue weighted by Crippen LogP contribution is 2.07. The number of halogens is 4. The molecule has 0 saturated carbocycles. The summed E-state index contributed by atoms with van der Waals surface area (Å²) in [6.45, 7) is -5.04. The molecule has 7 heteroatoms. The molecule has 0 unspecified atom stereocenters. The predicted octanol–water partition coefficient (Wildman–Crippen LogP) is 1.94. The molecule has 2 nitrogen and oxygen atoms in total. The van der Waals surface area contributed by atoms with E-state index in [4.69, 9.17) is 0 Å². The van der Waals surface area contributed by atoms with E-state index in [9.17, 15) is 22.1 Å². The van der Waals surface area contributed by atoms with E-state index in [0.29, 0.717) is 0 Å². The average Bonchev–Trinajstić information content (AvgIpc) is 2.14. The summed E-state index contributed by atoms with van der Waals surface area (Å²) in [4.78, 5) is 11.1. The molecule has 0 aliphatic heterocycles. The van der Waals surface area contributed by atoms with Gasteiger partial charge in [0.05, 0.1) is 0 Å². The number of benzene rings is 1. The van der Waals surface area contributed by atoms with E-state index in [0.717, 1.165) is 24.3 Å². The zero-order valence-electron chi connectivity index (χ0n) is 7.51. The molecule has 1 aromatic carbocycles. The Morgan fingerprint density at radius 2 is 1.73 bits per heavy atom. The maximum absolute atomic E-state index is 12.4. The van der Waals surface area contributed by atoms with Crippen LogP contribution in [0.15, 0.2) is 24.3 Å². The summed E-state index contributed by atoms with van der Waals surface area (Å²) < 4.78 is 47.8. The minimum Gasteiger partial charge on any atom is -0.448 e. The first-order valence-electron chi connectivity index (χ1n) is 4.13. The molecule has 0 fully saturated rings. The zero-order valence-corrected chi connectivity index (χ0v) is 7.51. The molecular weight excluding hydrogens is 213 g/mol. The number of hydrogen-bond donors (Lipinski definition) is 1. The van der Waals surface area contributed by atoms with Crippen LogP contribution in [0.5, 0.6) is 0 Å². The van der Waals surface area contributed by atoms with E-state index in [1.807, 2.05) is 0 Å². The van der Waals surface area contributed by atoms with Crippen molar-refractivity contribution in [2.24, 2.45) is 0 Å². The Bertz CT molecular complexity index is 349. The molecule has 0 aromatic heterocycles. The molecule has 0 atom stereocenters. The molecule has 0 aliphatic carbocycles. The third-order valence-corrected chi connectivity index (χ3v) is 1.60. The highest BCUT2D eigenvalue weighted by molar-refractivity contribution is 6.58. The van der Waals surface area contributed by atoms with Gasteiger partial charge in [0.25, 0.3) is 0 Å². The number of carbonyl (C=O) groups is 1. The van der Waals surface area contributed by atoms with Crippen LogP contribution in [-0.2, 0) is 0 Å². The first-order chi connectivity index (χ1) is 6.88. The lowest BCUT2D eigenvalue weighted by Crippen LogP contribution is -2.37. The molecule has 15 heavy (non-hydrogen) atoms. The van der Waals surface area contributed by atoms with Gasteiger partial charge in [0.2, 0.25) is 5.91 Å². The van der Waals surface area contributed by atoms with Crippen LogP contribution in [0.25, 0.3) is 0 Å². The molecule has 0 heterocycles. The Hall–Kier alpha value is -1.53. The summed E-state index contributed by atoms with van der Waals surface area (Å²) in [5.74, 6) is -1.42. The van der Waals surface area contributed by atoms with Crippen molar-refractivity contribution >= 4 is 12.9 Å². The minimum absolute atomic E-state index is 0.00329. The number of rotatable bonds is 3. The van der Waals surface area contributed by atoms with Crippen molar-refractivity contribution in [1.82, 2.24) is 5.32 Å². The van der Waals surface area contributed by atoms with Crippen molar-refractivity contribution in [3.05, 3.63) is 35.6 Å². The van der Waals surface area contributed by atoms with E-state index >= 15 is 0 Å². The normalized spacial score (nSPS) is 11.2. The Labute approximate surface area is 83.3 Å². The molecule has 82 valence electrons. The SMILES string of the molecule is O=C(NC[B-](F)(F)F)c1ccc(F)cc1. The van der Waals surface area contributed by atoms with Crippen LogP contribution in [0.4, 0.5) is 17.3 Å². The third kappa shape index (κ3) is 4.01. The van der Waals surface area contributed by atoms with Gasteiger partial charge >= 0.3 is 6.98 Å². The minimum atomic E-state index is -5.04. The van der Waals surface area contributed by atoms with Crippen LogP contribution < -0.4 is 5.32 Å². The topological polar surface area (TPSA) is 29.1 Å². The van der Waals surface area contributed by atoms with E-state index in [2.05, 4.69) is 0 Å². The summed E-state index contributed by atoms with van der Waals surface area (Å²) in [6.07, 6.45) is -1.34. The van der Waals surface area contributed by atoms with Gasteiger partial charge < -0.3 is 18.3 Å². The number of carbonyl (C=O) groups excluding carboxylic acids is 1. The molecule has 1 N–H and O–H groups in total.